The summed E-state index contributed by atoms with van der Waals surface area (Å²) in [5.74, 6) is 1.10. The lowest BCUT2D eigenvalue weighted by Gasteiger charge is -2.45. The van der Waals surface area contributed by atoms with Crippen molar-refractivity contribution in [1.82, 2.24) is 0 Å². The van der Waals surface area contributed by atoms with E-state index in [9.17, 15) is 14.7 Å². The molecule has 0 aromatic heterocycles. The molecule has 0 aromatic rings. The average molecular weight is 489 g/mol. The van der Waals surface area contributed by atoms with Crippen molar-refractivity contribution in [1.29, 1.82) is 0 Å². The Morgan fingerprint density at radius 3 is 2.46 bits per heavy atom. The van der Waals surface area contributed by atoms with E-state index in [0.717, 1.165) is 30.3 Å². The number of aldehydes is 1. The maximum absolute atomic E-state index is 11.1. The van der Waals surface area contributed by atoms with Gasteiger partial charge in [0.15, 0.2) is 0 Å². The molecule has 0 radical (unpaired) electrons. The summed E-state index contributed by atoms with van der Waals surface area (Å²) in [6, 6.07) is 0. The van der Waals surface area contributed by atoms with Gasteiger partial charge < -0.3 is 14.6 Å². The summed E-state index contributed by atoms with van der Waals surface area (Å²) in [5, 5.41) is 11.1. The van der Waals surface area contributed by atoms with Crippen molar-refractivity contribution in [3.8, 4) is 0 Å². The molecule has 198 valence electrons. The Kier molecular flexibility index (Phi) is 12.9. The van der Waals surface area contributed by atoms with Gasteiger partial charge in [0.05, 0.1) is 25.4 Å². The summed E-state index contributed by atoms with van der Waals surface area (Å²) in [7, 11) is 0. The van der Waals surface area contributed by atoms with Gasteiger partial charge in [-0.15, -0.1) is 0 Å². The Balaban J connectivity index is 0.000000309. The van der Waals surface area contributed by atoms with Crippen molar-refractivity contribution in [2.24, 2.45) is 22.7 Å². The molecule has 0 bridgehead atoms. The number of aliphatic hydroxyl groups excluding tert-OH is 1. The number of hydrogen-bond donors (Lipinski definition) is 1. The number of carbonyl (C=O) groups is 2. The molecule has 5 nitrogen and oxygen atoms in total. The molecule has 1 N–H and O–H groups in total. The van der Waals surface area contributed by atoms with Crippen LogP contribution in [-0.2, 0) is 19.1 Å². The number of rotatable bonds is 6. The first kappa shape index (κ1) is 31.1. The van der Waals surface area contributed by atoms with Gasteiger partial charge in [-0.2, -0.15) is 0 Å². The largest absolute Gasteiger partial charge is 0.466 e. The van der Waals surface area contributed by atoms with Crippen LogP contribution in [0, 0.1) is 22.7 Å². The third kappa shape index (κ3) is 7.27. The molecule has 1 aliphatic heterocycles. The molecule has 0 unspecified atom stereocenters. The summed E-state index contributed by atoms with van der Waals surface area (Å²) in [5.41, 5.74) is 1.81. The third-order valence-corrected chi connectivity index (χ3v) is 8.42. The van der Waals surface area contributed by atoms with Gasteiger partial charge in [-0.1, -0.05) is 64.2 Å². The number of hydrogen-bond acceptors (Lipinski definition) is 5. The molecule has 0 aromatic carbocycles. The second-order valence-corrected chi connectivity index (χ2v) is 10.3. The number of esters is 1. The highest BCUT2D eigenvalue weighted by Crippen LogP contribution is 2.65. The van der Waals surface area contributed by atoms with Crippen molar-refractivity contribution in [2.45, 2.75) is 92.3 Å². The van der Waals surface area contributed by atoms with Crippen LogP contribution in [0.1, 0.15) is 80.1 Å². The van der Waals surface area contributed by atoms with Crippen molar-refractivity contribution in [3.05, 3.63) is 48.6 Å². The summed E-state index contributed by atoms with van der Waals surface area (Å²) >= 11 is 0. The Bertz CT molecular complexity index is 782. The number of fused-ring (bicyclic) bond motifs is 1. The number of carbonyl (C=O) groups excluding carboxylic acids is 2. The van der Waals surface area contributed by atoms with Crippen LogP contribution in [0.4, 0.5) is 0 Å². The minimum atomic E-state index is -0.282. The molecule has 5 heteroatoms. The molecular formula is C30H48O5. The van der Waals surface area contributed by atoms with Crippen LogP contribution in [0.3, 0.4) is 0 Å². The Morgan fingerprint density at radius 2 is 2.00 bits per heavy atom. The number of allylic oxidation sites excluding steroid dienone is 5. The van der Waals surface area contributed by atoms with E-state index in [1.807, 2.05) is 19.1 Å². The molecule has 2 saturated carbocycles. The van der Waals surface area contributed by atoms with Crippen LogP contribution in [0.5, 0.6) is 0 Å². The predicted molar refractivity (Wildman–Crippen MR) is 143 cm³/mol. The SMILES string of the molecule is C/C=C(\C)C=O.C=C/C=C/CCC(=O)OCC.C=C1CO[C@@H](C)[C@]12C[C@@H]1CCC[C@@H](C)[C@]1(C)[C@H]2O. The highest BCUT2D eigenvalue weighted by molar-refractivity contribution is 5.71. The summed E-state index contributed by atoms with van der Waals surface area (Å²) < 4.78 is 10.5. The standard InChI is InChI=1S/C16H26O2.C9H14O2.C5H8O/c1-10-6-5-7-13-8-16(14(17)15(10,13)4)11(2)9-18-12(16)3;1-3-5-6-7-8-9(10)11-4-2;1-3-5(2)4-6/h10,12-14,17H,2,5-9H2,1,3-4H3;3,5-6H,1,4,7-8H2,2H3;3-4H,1-2H3/b;6-5+;5-3+/t10-,12+,13+,14-,15+,16+;;/m1../s1. The zero-order valence-corrected chi connectivity index (χ0v) is 22.8. The van der Waals surface area contributed by atoms with E-state index in [1.54, 1.807) is 26.0 Å². The van der Waals surface area contributed by atoms with Gasteiger partial charge in [0, 0.05) is 11.8 Å². The molecule has 0 amide bonds. The van der Waals surface area contributed by atoms with Crippen LogP contribution < -0.4 is 0 Å². The monoisotopic (exact) mass is 488 g/mol. The van der Waals surface area contributed by atoms with Gasteiger partial charge in [0.2, 0.25) is 0 Å². The molecule has 35 heavy (non-hydrogen) atoms. The van der Waals surface area contributed by atoms with Gasteiger partial charge in [-0.25, -0.2) is 0 Å². The number of ether oxygens (including phenoxy) is 2. The summed E-state index contributed by atoms with van der Waals surface area (Å²) in [4.78, 5) is 20.4. The first-order valence-corrected chi connectivity index (χ1v) is 13.0. The minimum absolute atomic E-state index is 0.0587. The molecule has 1 spiro atoms. The molecule has 1 heterocycles. The normalized spacial score (nSPS) is 33.9. The van der Waals surface area contributed by atoms with Crippen molar-refractivity contribution in [3.63, 3.8) is 0 Å². The zero-order valence-electron chi connectivity index (χ0n) is 22.8. The predicted octanol–water partition coefficient (Wildman–Crippen LogP) is 6.38. The summed E-state index contributed by atoms with van der Waals surface area (Å²) in [6.45, 7) is 21.0. The van der Waals surface area contributed by atoms with Gasteiger partial charge in [-0.3, -0.25) is 9.59 Å². The summed E-state index contributed by atoms with van der Waals surface area (Å²) in [6.07, 6.45) is 13.9. The van der Waals surface area contributed by atoms with Crippen LogP contribution in [0.15, 0.2) is 48.6 Å². The second-order valence-electron chi connectivity index (χ2n) is 10.3. The Labute approximate surface area is 213 Å². The number of aliphatic hydroxyl groups is 1. The van der Waals surface area contributed by atoms with E-state index in [0.29, 0.717) is 31.5 Å². The first-order valence-electron chi connectivity index (χ1n) is 13.0. The third-order valence-electron chi connectivity index (χ3n) is 8.42. The van der Waals surface area contributed by atoms with Crippen LogP contribution in [0.25, 0.3) is 0 Å². The second kappa shape index (κ2) is 14.5. The van der Waals surface area contributed by atoms with Crippen LogP contribution in [-0.4, -0.2) is 42.8 Å². The highest BCUT2D eigenvalue weighted by atomic mass is 16.5. The Hall–Kier alpha value is -1.98. The maximum Gasteiger partial charge on any atom is 0.306 e. The van der Waals surface area contributed by atoms with Crippen LogP contribution in [0.2, 0.25) is 0 Å². The van der Waals surface area contributed by atoms with Gasteiger partial charge in [0.25, 0.3) is 0 Å². The molecule has 3 rings (SSSR count). The minimum Gasteiger partial charge on any atom is -0.466 e. The lowest BCUT2D eigenvalue weighted by molar-refractivity contribution is -0.143. The van der Waals surface area contributed by atoms with Gasteiger partial charge in [-0.05, 0) is 75.4 Å². The topological polar surface area (TPSA) is 72.8 Å². The van der Waals surface area contributed by atoms with E-state index in [4.69, 9.17) is 9.47 Å². The molecule has 1 saturated heterocycles. The lowest BCUT2D eigenvalue weighted by atomic mass is 9.61. The van der Waals surface area contributed by atoms with Crippen molar-refractivity contribution >= 4 is 12.3 Å². The van der Waals surface area contributed by atoms with E-state index >= 15 is 0 Å². The molecular weight excluding hydrogens is 440 g/mol. The van der Waals surface area contributed by atoms with Crippen LogP contribution >= 0.6 is 0 Å². The zero-order chi connectivity index (χ0) is 26.6. The fourth-order valence-corrected chi connectivity index (χ4v) is 5.80. The molecule has 3 aliphatic rings. The molecule has 6 atom stereocenters. The fourth-order valence-electron chi connectivity index (χ4n) is 5.80. The molecule has 3 fully saturated rings. The highest BCUT2D eigenvalue weighted by Gasteiger charge is 2.66. The average Bonchev–Trinajstić information content (AvgIpc) is 3.27. The van der Waals surface area contributed by atoms with Gasteiger partial charge >= 0.3 is 5.97 Å². The first-order chi connectivity index (χ1) is 16.6. The fraction of sp³-hybridized carbons (Fsp3) is 0.667. The van der Waals surface area contributed by atoms with Gasteiger partial charge in [0.1, 0.15) is 6.29 Å². The maximum atomic E-state index is 11.1. The molecule has 2 aliphatic carbocycles. The smallest absolute Gasteiger partial charge is 0.306 e. The quantitative estimate of drug-likeness (QED) is 0.154. The van der Waals surface area contributed by atoms with Crippen molar-refractivity contribution in [2.75, 3.05) is 13.2 Å². The van der Waals surface area contributed by atoms with E-state index in [-0.39, 0.29) is 29.0 Å². The Morgan fingerprint density at radius 1 is 1.31 bits per heavy atom. The van der Waals surface area contributed by atoms with E-state index < -0.39 is 0 Å². The van der Waals surface area contributed by atoms with Crippen molar-refractivity contribution < 1.29 is 24.2 Å². The van der Waals surface area contributed by atoms with E-state index in [2.05, 4.69) is 33.9 Å². The van der Waals surface area contributed by atoms with E-state index in [1.165, 1.54) is 19.3 Å². The lowest BCUT2D eigenvalue weighted by Crippen LogP contribution is -2.48.